The monoisotopic (exact) mass is 220 g/mol. The SMILES string of the molecule is Cc1nn(C)cc1-c1c(C(=O)O)cnn1C. The lowest BCUT2D eigenvalue weighted by Gasteiger charge is -2.01. The molecule has 6 heteroatoms. The van der Waals surface area contributed by atoms with Crippen LogP contribution < -0.4 is 0 Å². The molecular formula is C10H12N4O2. The summed E-state index contributed by atoms with van der Waals surface area (Å²) >= 11 is 0. The van der Waals surface area contributed by atoms with Crippen LogP contribution in [0.2, 0.25) is 0 Å². The van der Waals surface area contributed by atoms with Gasteiger partial charge < -0.3 is 5.11 Å². The minimum absolute atomic E-state index is 0.193. The highest BCUT2D eigenvalue weighted by atomic mass is 16.4. The molecule has 6 nitrogen and oxygen atoms in total. The highest BCUT2D eigenvalue weighted by Gasteiger charge is 2.19. The van der Waals surface area contributed by atoms with Crippen LogP contribution >= 0.6 is 0 Å². The van der Waals surface area contributed by atoms with Crippen LogP contribution in [0.4, 0.5) is 0 Å². The molecule has 2 aromatic heterocycles. The van der Waals surface area contributed by atoms with Crippen molar-refractivity contribution in [2.45, 2.75) is 6.92 Å². The first-order valence-corrected chi connectivity index (χ1v) is 4.76. The van der Waals surface area contributed by atoms with Crippen LogP contribution in [-0.2, 0) is 14.1 Å². The predicted octanol–water partition coefficient (Wildman–Crippen LogP) is 0.827. The summed E-state index contributed by atoms with van der Waals surface area (Å²) in [5.74, 6) is -0.980. The number of nitrogens with zero attached hydrogens (tertiary/aromatic N) is 4. The molecule has 0 atom stereocenters. The summed E-state index contributed by atoms with van der Waals surface area (Å²) in [6.45, 7) is 1.84. The molecule has 0 spiro atoms. The van der Waals surface area contributed by atoms with E-state index in [0.29, 0.717) is 5.69 Å². The summed E-state index contributed by atoms with van der Waals surface area (Å²) < 4.78 is 3.21. The molecule has 1 N–H and O–H groups in total. The number of carbonyl (C=O) groups is 1. The smallest absolute Gasteiger partial charge is 0.339 e. The van der Waals surface area contributed by atoms with Gasteiger partial charge in [-0.1, -0.05) is 0 Å². The van der Waals surface area contributed by atoms with Crippen LogP contribution in [0.5, 0.6) is 0 Å². The van der Waals surface area contributed by atoms with Gasteiger partial charge in [0.1, 0.15) is 5.56 Å². The first kappa shape index (κ1) is 10.4. The van der Waals surface area contributed by atoms with Crippen molar-refractivity contribution in [1.82, 2.24) is 19.6 Å². The molecule has 0 radical (unpaired) electrons. The lowest BCUT2D eigenvalue weighted by atomic mass is 10.1. The normalized spacial score (nSPS) is 10.7. The van der Waals surface area contributed by atoms with Crippen LogP contribution in [0, 0.1) is 6.92 Å². The van der Waals surface area contributed by atoms with E-state index in [4.69, 9.17) is 5.11 Å². The summed E-state index contributed by atoms with van der Waals surface area (Å²) in [5, 5.41) is 17.2. The van der Waals surface area contributed by atoms with E-state index in [1.807, 2.05) is 6.92 Å². The van der Waals surface area contributed by atoms with Gasteiger partial charge in [0.05, 0.1) is 17.6 Å². The lowest BCUT2D eigenvalue weighted by molar-refractivity contribution is 0.0697. The van der Waals surface area contributed by atoms with Gasteiger partial charge in [0, 0.05) is 25.9 Å². The summed E-state index contributed by atoms with van der Waals surface area (Å²) in [6, 6.07) is 0. The Labute approximate surface area is 92.1 Å². The maximum Gasteiger partial charge on any atom is 0.339 e. The van der Waals surface area contributed by atoms with Crippen molar-refractivity contribution in [3.05, 3.63) is 23.7 Å². The number of hydrogen-bond acceptors (Lipinski definition) is 3. The molecule has 0 unspecified atom stereocenters. The van der Waals surface area contributed by atoms with Gasteiger partial charge in [0.25, 0.3) is 0 Å². The van der Waals surface area contributed by atoms with Crippen molar-refractivity contribution in [2.24, 2.45) is 14.1 Å². The summed E-state index contributed by atoms with van der Waals surface area (Å²) in [6.07, 6.45) is 3.14. The van der Waals surface area contributed by atoms with Crippen LogP contribution in [-0.4, -0.2) is 30.6 Å². The minimum atomic E-state index is -0.980. The Morgan fingerprint density at radius 1 is 1.44 bits per heavy atom. The predicted molar refractivity (Wildman–Crippen MR) is 57.1 cm³/mol. The molecule has 0 aliphatic rings. The molecular weight excluding hydrogens is 208 g/mol. The highest BCUT2D eigenvalue weighted by molar-refractivity contribution is 5.94. The number of carboxylic acid groups (broad SMARTS) is 1. The van der Waals surface area contributed by atoms with Crippen LogP contribution in [0.25, 0.3) is 11.3 Å². The zero-order valence-corrected chi connectivity index (χ0v) is 9.30. The molecule has 0 aliphatic carbocycles. The fourth-order valence-corrected chi connectivity index (χ4v) is 1.75. The maximum atomic E-state index is 11.0. The van der Waals surface area contributed by atoms with Crippen molar-refractivity contribution in [3.63, 3.8) is 0 Å². The molecule has 0 bridgehead atoms. The Kier molecular flexibility index (Phi) is 2.26. The van der Waals surface area contributed by atoms with E-state index < -0.39 is 5.97 Å². The first-order chi connectivity index (χ1) is 7.50. The first-order valence-electron chi connectivity index (χ1n) is 4.76. The van der Waals surface area contributed by atoms with Crippen molar-refractivity contribution in [3.8, 4) is 11.3 Å². The third-order valence-electron chi connectivity index (χ3n) is 2.44. The number of rotatable bonds is 2. The second-order valence-corrected chi connectivity index (χ2v) is 3.64. The van der Waals surface area contributed by atoms with Crippen LogP contribution in [0.1, 0.15) is 16.1 Å². The summed E-state index contributed by atoms with van der Waals surface area (Å²) in [5.41, 5.74) is 2.35. The van der Waals surface area contributed by atoms with Gasteiger partial charge in [-0.2, -0.15) is 10.2 Å². The number of aryl methyl sites for hydroxylation is 3. The quantitative estimate of drug-likeness (QED) is 0.813. The molecule has 0 saturated carbocycles. The molecule has 2 rings (SSSR count). The number of hydrogen-bond donors (Lipinski definition) is 1. The second-order valence-electron chi connectivity index (χ2n) is 3.64. The van der Waals surface area contributed by atoms with E-state index >= 15 is 0 Å². The zero-order chi connectivity index (χ0) is 11.9. The Morgan fingerprint density at radius 3 is 2.62 bits per heavy atom. The molecule has 0 aliphatic heterocycles. The molecule has 0 saturated heterocycles. The zero-order valence-electron chi connectivity index (χ0n) is 9.30. The number of carboxylic acids is 1. The van der Waals surface area contributed by atoms with Gasteiger partial charge >= 0.3 is 5.97 Å². The summed E-state index contributed by atoms with van der Waals surface area (Å²) in [7, 11) is 3.52. The van der Waals surface area contributed by atoms with Crippen molar-refractivity contribution < 1.29 is 9.90 Å². The number of aromatic nitrogens is 4. The van der Waals surface area contributed by atoms with Gasteiger partial charge in [-0.25, -0.2) is 4.79 Å². The Hall–Kier alpha value is -2.11. The molecule has 0 amide bonds. The lowest BCUT2D eigenvalue weighted by Crippen LogP contribution is -2.00. The maximum absolute atomic E-state index is 11.0. The van der Waals surface area contributed by atoms with E-state index in [0.717, 1.165) is 11.3 Å². The summed E-state index contributed by atoms with van der Waals surface area (Å²) in [4.78, 5) is 11.0. The van der Waals surface area contributed by atoms with Crippen molar-refractivity contribution in [2.75, 3.05) is 0 Å². The number of aromatic carboxylic acids is 1. The molecule has 0 aromatic carbocycles. The van der Waals surface area contributed by atoms with Crippen LogP contribution in [0.15, 0.2) is 12.4 Å². The Bertz CT molecular complexity index is 553. The Balaban J connectivity index is 2.67. The van der Waals surface area contributed by atoms with Gasteiger partial charge in [0.15, 0.2) is 0 Å². The standard InChI is InChI=1S/C10H12N4O2/c1-6-8(5-13(2)12-6)9-7(10(15)16)4-11-14(9)3/h4-5H,1-3H3,(H,15,16). The Morgan fingerprint density at radius 2 is 2.12 bits per heavy atom. The third-order valence-corrected chi connectivity index (χ3v) is 2.44. The fraction of sp³-hybridized carbons (Fsp3) is 0.300. The van der Waals surface area contributed by atoms with Gasteiger partial charge in [-0.15, -0.1) is 0 Å². The molecule has 16 heavy (non-hydrogen) atoms. The third kappa shape index (κ3) is 1.48. The van der Waals surface area contributed by atoms with E-state index in [-0.39, 0.29) is 5.56 Å². The second kappa shape index (κ2) is 3.48. The van der Waals surface area contributed by atoms with Crippen molar-refractivity contribution in [1.29, 1.82) is 0 Å². The van der Waals surface area contributed by atoms with Gasteiger partial charge in [-0.05, 0) is 6.92 Å². The molecule has 2 aromatic rings. The average molecular weight is 220 g/mol. The van der Waals surface area contributed by atoms with Gasteiger partial charge in [0.2, 0.25) is 0 Å². The highest BCUT2D eigenvalue weighted by Crippen LogP contribution is 2.25. The van der Waals surface area contributed by atoms with E-state index in [1.165, 1.54) is 6.20 Å². The average Bonchev–Trinajstić information content (AvgIpc) is 2.69. The largest absolute Gasteiger partial charge is 0.478 e. The van der Waals surface area contributed by atoms with Gasteiger partial charge in [-0.3, -0.25) is 9.36 Å². The van der Waals surface area contributed by atoms with E-state index in [2.05, 4.69) is 10.2 Å². The molecule has 0 fully saturated rings. The van der Waals surface area contributed by atoms with E-state index in [9.17, 15) is 4.79 Å². The van der Waals surface area contributed by atoms with E-state index in [1.54, 1.807) is 29.7 Å². The molecule has 84 valence electrons. The minimum Gasteiger partial charge on any atom is -0.478 e. The molecule has 2 heterocycles. The topological polar surface area (TPSA) is 72.9 Å². The van der Waals surface area contributed by atoms with Crippen molar-refractivity contribution >= 4 is 5.97 Å². The van der Waals surface area contributed by atoms with Crippen LogP contribution in [0.3, 0.4) is 0 Å². The fourth-order valence-electron chi connectivity index (χ4n) is 1.75.